The SMILES string of the molecule is O=C(COc1ccc(Cl)cc1)N1CCN(C(=O)N2CCOCC2)CC1. The minimum absolute atomic E-state index is 0.0148. The van der Waals surface area contributed by atoms with E-state index in [9.17, 15) is 9.59 Å². The van der Waals surface area contributed by atoms with Gasteiger partial charge < -0.3 is 24.2 Å². The van der Waals surface area contributed by atoms with Crippen LogP contribution in [0.5, 0.6) is 5.75 Å². The van der Waals surface area contributed by atoms with E-state index in [0.29, 0.717) is 63.3 Å². The summed E-state index contributed by atoms with van der Waals surface area (Å²) in [6, 6.07) is 6.94. The molecule has 8 heteroatoms. The number of urea groups is 1. The first kappa shape index (κ1) is 17.8. The van der Waals surface area contributed by atoms with Gasteiger partial charge in [0.05, 0.1) is 13.2 Å². The van der Waals surface area contributed by atoms with E-state index in [1.165, 1.54) is 0 Å². The fourth-order valence-electron chi connectivity index (χ4n) is 2.87. The third kappa shape index (κ3) is 4.76. The topological polar surface area (TPSA) is 62.3 Å². The second-order valence-electron chi connectivity index (χ2n) is 5.99. The number of amides is 3. The lowest BCUT2D eigenvalue weighted by molar-refractivity contribution is -0.134. The monoisotopic (exact) mass is 367 g/mol. The Morgan fingerprint density at radius 2 is 1.48 bits per heavy atom. The van der Waals surface area contributed by atoms with Gasteiger partial charge in [-0.05, 0) is 24.3 Å². The van der Waals surface area contributed by atoms with Crippen molar-refractivity contribution in [2.75, 3.05) is 59.1 Å². The number of hydrogen-bond donors (Lipinski definition) is 0. The van der Waals surface area contributed by atoms with Crippen LogP contribution in [0.2, 0.25) is 5.02 Å². The first-order valence-corrected chi connectivity index (χ1v) is 8.79. The van der Waals surface area contributed by atoms with E-state index in [1.54, 1.807) is 34.1 Å². The predicted octanol–water partition coefficient (Wildman–Crippen LogP) is 1.32. The van der Waals surface area contributed by atoms with Crippen LogP contribution in [-0.2, 0) is 9.53 Å². The number of benzene rings is 1. The fraction of sp³-hybridized carbons (Fsp3) is 0.529. The van der Waals surface area contributed by atoms with Gasteiger partial charge in [0.1, 0.15) is 5.75 Å². The molecule has 0 aliphatic carbocycles. The van der Waals surface area contributed by atoms with Crippen molar-refractivity contribution in [3.05, 3.63) is 29.3 Å². The zero-order valence-electron chi connectivity index (χ0n) is 14.0. The zero-order valence-corrected chi connectivity index (χ0v) is 14.8. The van der Waals surface area contributed by atoms with E-state index in [1.807, 2.05) is 4.90 Å². The van der Waals surface area contributed by atoms with Crippen LogP contribution in [0.25, 0.3) is 0 Å². The van der Waals surface area contributed by atoms with Crippen molar-refractivity contribution in [2.45, 2.75) is 0 Å². The Kier molecular flexibility index (Phi) is 5.99. The fourth-order valence-corrected chi connectivity index (χ4v) is 2.99. The van der Waals surface area contributed by atoms with Crippen LogP contribution in [0.4, 0.5) is 4.79 Å². The van der Waals surface area contributed by atoms with Gasteiger partial charge in [0, 0.05) is 44.3 Å². The van der Waals surface area contributed by atoms with Crippen LogP contribution >= 0.6 is 11.6 Å². The summed E-state index contributed by atoms with van der Waals surface area (Å²) >= 11 is 5.82. The molecule has 1 aromatic carbocycles. The molecule has 7 nitrogen and oxygen atoms in total. The maximum atomic E-state index is 12.4. The van der Waals surface area contributed by atoms with Crippen LogP contribution in [0.1, 0.15) is 0 Å². The van der Waals surface area contributed by atoms with Crippen LogP contribution < -0.4 is 4.74 Å². The van der Waals surface area contributed by atoms with Crippen LogP contribution in [0, 0.1) is 0 Å². The highest BCUT2D eigenvalue weighted by molar-refractivity contribution is 6.30. The number of carbonyl (C=O) groups excluding carboxylic acids is 2. The largest absolute Gasteiger partial charge is 0.484 e. The van der Waals surface area contributed by atoms with Gasteiger partial charge in [0.2, 0.25) is 0 Å². The van der Waals surface area contributed by atoms with E-state index >= 15 is 0 Å². The summed E-state index contributed by atoms with van der Waals surface area (Å²) in [5.74, 6) is 0.535. The van der Waals surface area contributed by atoms with Crippen molar-refractivity contribution >= 4 is 23.5 Å². The van der Waals surface area contributed by atoms with Gasteiger partial charge in [0.25, 0.3) is 5.91 Å². The van der Waals surface area contributed by atoms with Crippen molar-refractivity contribution in [2.24, 2.45) is 0 Å². The van der Waals surface area contributed by atoms with Gasteiger partial charge in [-0.3, -0.25) is 4.79 Å². The molecule has 0 aromatic heterocycles. The molecule has 3 rings (SSSR count). The molecule has 0 atom stereocenters. The smallest absolute Gasteiger partial charge is 0.320 e. The summed E-state index contributed by atoms with van der Waals surface area (Å²) in [7, 11) is 0. The van der Waals surface area contributed by atoms with Gasteiger partial charge >= 0.3 is 6.03 Å². The highest BCUT2D eigenvalue weighted by Gasteiger charge is 2.28. The summed E-state index contributed by atoms with van der Waals surface area (Å²) in [5.41, 5.74) is 0. The Balaban J connectivity index is 1.42. The molecule has 2 saturated heterocycles. The predicted molar refractivity (Wildman–Crippen MR) is 92.9 cm³/mol. The Labute approximate surface area is 152 Å². The number of morpholine rings is 1. The van der Waals surface area contributed by atoms with E-state index in [0.717, 1.165) is 0 Å². The van der Waals surface area contributed by atoms with Crippen molar-refractivity contribution in [1.29, 1.82) is 0 Å². The molecule has 2 heterocycles. The summed E-state index contributed by atoms with van der Waals surface area (Å²) in [4.78, 5) is 30.0. The molecule has 25 heavy (non-hydrogen) atoms. The van der Waals surface area contributed by atoms with Crippen molar-refractivity contribution in [3.63, 3.8) is 0 Å². The van der Waals surface area contributed by atoms with Crippen LogP contribution in [0.3, 0.4) is 0 Å². The Morgan fingerprint density at radius 1 is 0.920 bits per heavy atom. The molecule has 136 valence electrons. The third-order valence-corrected chi connectivity index (χ3v) is 4.61. The molecule has 0 N–H and O–H groups in total. The van der Waals surface area contributed by atoms with E-state index < -0.39 is 0 Å². The molecule has 2 aliphatic heterocycles. The molecule has 2 fully saturated rings. The van der Waals surface area contributed by atoms with Gasteiger partial charge in [0.15, 0.2) is 6.61 Å². The number of ether oxygens (including phenoxy) is 2. The van der Waals surface area contributed by atoms with Crippen LogP contribution in [-0.4, -0.2) is 85.7 Å². The number of carbonyl (C=O) groups is 2. The van der Waals surface area contributed by atoms with Crippen molar-refractivity contribution < 1.29 is 19.1 Å². The lowest BCUT2D eigenvalue weighted by atomic mass is 10.3. The summed E-state index contributed by atoms with van der Waals surface area (Å²) in [6.07, 6.45) is 0. The average molecular weight is 368 g/mol. The van der Waals surface area contributed by atoms with Crippen molar-refractivity contribution in [1.82, 2.24) is 14.7 Å². The number of piperazine rings is 1. The second-order valence-corrected chi connectivity index (χ2v) is 6.43. The summed E-state index contributed by atoms with van der Waals surface area (Å²) in [6.45, 7) is 4.57. The molecule has 2 aliphatic rings. The molecule has 0 spiro atoms. The van der Waals surface area contributed by atoms with Gasteiger partial charge in [-0.15, -0.1) is 0 Å². The lowest BCUT2D eigenvalue weighted by Crippen LogP contribution is -2.56. The highest BCUT2D eigenvalue weighted by Crippen LogP contribution is 2.16. The molecular formula is C17H22ClN3O4. The average Bonchev–Trinajstić information content (AvgIpc) is 2.67. The Hall–Kier alpha value is -1.99. The second kappa shape index (κ2) is 8.40. The normalized spacial score (nSPS) is 18.2. The first-order chi connectivity index (χ1) is 12.1. The number of rotatable bonds is 3. The molecule has 0 radical (unpaired) electrons. The lowest BCUT2D eigenvalue weighted by Gasteiger charge is -2.38. The summed E-state index contributed by atoms with van der Waals surface area (Å²) < 4.78 is 10.8. The molecule has 1 aromatic rings. The number of hydrogen-bond acceptors (Lipinski definition) is 4. The highest BCUT2D eigenvalue weighted by atomic mass is 35.5. The van der Waals surface area contributed by atoms with Gasteiger partial charge in [-0.2, -0.15) is 0 Å². The first-order valence-electron chi connectivity index (χ1n) is 8.41. The van der Waals surface area contributed by atoms with E-state index in [-0.39, 0.29) is 18.5 Å². The quantitative estimate of drug-likeness (QED) is 0.808. The van der Waals surface area contributed by atoms with Crippen molar-refractivity contribution in [3.8, 4) is 5.75 Å². The van der Waals surface area contributed by atoms with Crippen LogP contribution in [0.15, 0.2) is 24.3 Å². The van der Waals surface area contributed by atoms with E-state index in [2.05, 4.69) is 0 Å². The molecule has 0 unspecified atom stereocenters. The molecular weight excluding hydrogens is 346 g/mol. The molecule has 0 saturated carbocycles. The maximum Gasteiger partial charge on any atom is 0.320 e. The number of nitrogens with zero attached hydrogens (tertiary/aromatic N) is 3. The maximum absolute atomic E-state index is 12.4. The summed E-state index contributed by atoms with van der Waals surface area (Å²) in [5, 5.41) is 0.625. The zero-order chi connectivity index (χ0) is 17.6. The van der Waals surface area contributed by atoms with Gasteiger partial charge in [-0.1, -0.05) is 11.6 Å². The Bertz CT molecular complexity index is 596. The minimum Gasteiger partial charge on any atom is -0.484 e. The minimum atomic E-state index is -0.0755. The molecule has 0 bridgehead atoms. The molecule has 3 amide bonds. The Morgan fingerprint density at radius 3 is 2.12 bits per heavy atom. The van der Waals surface area contributed by atoms with Gasteiger partial charge in [-0.25, -0.2) is 4.79 Å². The standard InChI is InChI=1S/C17H22ClN3O4/c18-14-1-3-15(4-2-14)25-13-16(22)19-5-7-20(8-6-19)17(23)21-9-11-24-12-10-21/h1-4H,5-13H2. The third-order valence-electron chi connectivity index (χ3n) is 4.36. The number of halogens is 1. The van der Waals surface area contributed by atoms with E-state index in [4.69, 9.17) is 21.1 Å².